The van der Waals surface area contributed by atoms with Gasteiger partial charge in [0.1, 0.15) is 0 Å². The van der Waals surface area contributed by atoms with E-state index in [1.807, 2.05) is 0 Å². The van der Waals surface area contributed by atoms with Gasteiger partial charge in [-0.3, -0.25) is 15.1 Å². The van der Waals surface area contributed by atoms with E-state index < -0.39 is 0 Å². The van der Waals surface area contributed by atoms with Crippen molar-refractivity contribution in [1.82, 2.24) is 10.3 Å². The Morgan fingerprint density at radius 2 is 2.12 bits per heavy atom. The molecule has 0 heterocycles. The van der Waals surface area contributed by atoms with Crippen LogP contribution in [-0.4, -0.2) is 29.9 Å². The Hall–Kier alpha value is -0.610. The third-order valence-corrected chi connectivity index (χ3v) is 3.93. The van der Waals surface area contributed by atoms with Crippen molar-refractivity contribution in [3.63, 3.8) is 0 Å². The normalized spacial score (nSPS) is 27.8. The van der Waals surface area contributed by atoms with Gasteiger partial charge in [0.15, 0.2) is 0 Å². The van der Waals surface area contributed by atoms with E-state index in [4.69, 9.17) is 5.84 Å². The molecule has 0 aliphatic heterocycles. The molecule has 94 valence electrons. The minimum Gasteiger partial charge on any atom is -0.300 e. The first-order valence-corrected chi connectivity index (χ1v) is 6.27. The number of amides is 1. The maximum absolute atomic E-state index is 11.2. The molecular formula is C12H25N3O. The van der Waals surface area contributed by atoms with Gasteiger partial charge >= 0.3 is 0 Å². The number of hydrazine groups is 1. The van der Waals surface area contributed by atoms with E-state index >= 15 is 0 Å². The summed E-state index contributed by atoms with van der Waals surface area (Å²) in [6.45, 7) is 4.41. The predicted molar refractivity (Wildman–Crippen MR) is 65.6 cm³/mol. The van der Waals surface area contributed by atoms with E-state index in [0.717, 1.165) is 5.92 Å². The van der Waals surface area contributed by atoms with Crippen LogP contribution in [-0.2, 0) is 4.79 Å². The molecule has 16 heavy (non-hydrogen) atoms. The zero-order valence-electron chi connectivity index (χ0n) is 10.7. The molecule has 0 aromatic carbocycles. The number of nitrogens with zero attached hydrogens (tertiary/aromatic N) is 1. The molecule has 1 amide bonds. The van der Waals surface area contributed by atoms with Crippen LogP contribution in [0.4, 0.5) is 0 Å². The molecule has 0 spiro atoms. The van der Waals surface area contributed by atoms with E-state index in [0.29, 0.717) is 12.5 Å². The largest absolute Gasteiger partial charge is 0.300 e. The van der Waals surface area contributed by atoms with E-state index in [1.165, 1.54) is 25.7 Å². The molecule has 0 radical (unpaired) electrons. The van der Waals surface area contributed by atoms with E-state index in [-0.39, 0.29) is 11.9 Å². The first kappa shape index (κ1) is 13.5. The lowest BCUT2D eigenvalue weighted by Gasteiger charge is -2.39. The number of carbonyl (C=O) groups excluding carboxylic acids is 1. The average Bonchev–Trinajstić information content (AvgIpc) is 2.28. The lowest BCUT2D eigenvalue weighted by molar-refractivity contribution is -0.122. The van der Waals surface area contributed by atoms with Gasteiger partial charge in [-0.2, -0.15) is 0 Å². The molecular weight excluding hydrogens is 202 g/mol. The molecule has 1 saturated carbocycles. The van der Waals surface area contributed by atoms with Crippen LogP contribution in [0, 0.1) is 5.92 Å². The number of carbonyl (C=O) groups is 1. The molecule has 1 fully saturated rings. The van der Waals surface area contributed by atoms with Gasteiger partial charge in [0.2, 0.25) is 5.91 Å². The van der Waals surface area contributed by atoms with Gasteiger partial charge in [-0.25, -0.2) is 5.84 Å². The Bertz CT molecular complexity index is 232. The van der Waals surface area contributed by atoms with E-state index in [9.17, 15) is 4.79 Å². The Balaban J connectivity index is 2.47. The first-order chi connectivity index (χ1) is 7.56. The molecule has 1 aliphatic carbocycles. The fourth-order valence-electron chi connectivity index (χ4n) is 2.70. The van der Waals surface area contributed by atoms with Crippen molar-refractivity contribution in [2.24, 2.45) is 11.8 Å². The highest BCUT2D eigenvalue weighted by Gasteiger charge is 2.28. The standard InChI is InChI=1S/C12H25N3O/c1-9-6-4-5-7-11(9)15(3)10(2)8-12(16)14-13/h9-11H,4-8,13H2,1-3H3,(H,14,16). The van der Waals surface area contributed by atoms with Crippen LogP contribution in [0.25, 0.3) is 0 Å². The molecule has 4 nitrogen and oxygen atoms in total. The van der Waals surface area contributed by atoms with Crippen molar-refractivity contribution in [3.8, 4) is 0 Å². The van der Waals surface area contributed by atoms with Crippen LogP contribution in [0.3, 0.4) is 0 Å². The lowest BCUT2D eigenvalue weighted by atomic mass is 9.84. The lowest BCUT2D eigenvalue weighted by Crippen LogP contribution is -2.46. The highest BCUT2D eigenvalue weighted by atomic mass is 16.2. The summed E-state index contributed by atoms with van der Waals surface area (Å²) in [6.07, 6.45) is 5.71. The van der Waals surface area contributed by atoms with Crippen molar-refractivity contribution in [2.45, 2.75) is 58.0 Å². The van der Waals surface area contributed by atoms with Crippen LogP contribution in [0.1, 0.15) is 46.0 Å². The molecule has 1 aliphatic rings. The highest BCUT2D eigenvalue weighted by Crippen LogP contribution is 2.28. The summed E-state index contributed by atoms with van der Waals surface area (Å²) in [6, 6.07) is 0.878. The van der Waals surface area contributed by atoms with Gasteiger partial charge in [0.25, 0.3) is 0 Å². The summed E-state index contributed by atoms with van der Waals surface area (Å²) in [5.74, 6) is 5.77. The molecule has 0 saturated heterocycles. The molecule has 0 aromatic rings. The predicted octanol–water partition coefficient (Wildman–Crippen LogP) is 1.27. The van der Waals surface area contributed by atoms with Gasteiger partial charge in [-0.05, 0) is 32.7 Å². The zero-order valence-corrected chi connectivity index (χ0v) is 10.7. The molecule has 0 bridgehead atoms. The summed E-state index contributed by atoms with van der Waals surface area (Å²) < 4.78 is 0. The number of hydrogen-bond acceptors (Lipinski definition) is 3. The maximum atomic E-state index is 11.2. The van der Waals surface area contributed by atoms with Crippen LogP contribution in [0.15, 0.2) is 0 Å². The summed E-state index contributed by atoms with van der Waals surface area (Å²) in [4.78, 5) is 13.6. The zero-order chi connectivity index (χ0) is 12.1. The van der Waals surface area contributed by atoms with Gasteiger partial charge in [0.05, 0.1) is 0 Å². The van der Waals surface area contributed by atoms with E-state index in [2.05, 4.69) is 31.2 Å². The summed E-state index contributed by atoms with van der Waals surface area (Å²) >= 11 is 0. The number of rotatable bonds is 4. The molecule has 3 N–H and O–H groups in total. The Kier molecular flexibility index (Phi) is 5.22. The van der Waals surface area contributed by atoms with Crippen LogP contribution in [0.5, 0.6) is 0 Å². The summed E-state index contributed by atoms with van der Waals surface area (Å²) in [7, 11) is 2.13. The summed E-state index contributed by atoms with van der Waals surface area (Å²) in [5.41, 5.74) is 2.20. The van der Waals surface area contributed by atoms with Crippen molar-refractivity contribution in [3.05, 3.63) is 0 Å². The van der Waals surface area contributed by atoms with E-state index in [1.54, 1.807) is 0 Å². The molecule has 0 aromatic heterocycles. The Morgan fingerprint density at radius 1 is 1.50 bits per heavy atom. The van der Waals surface area contributed by atoms with Gasteiger partial charge in [-0.15, -0.1) is 0 Å². The topological polar surface area (TPSA) is 58.4 Å². The fraction of sp³-hybridized carbons (Fsp3) is 0.917. The number of hydrogen-bond donors (Lipinski definition) is 2. The van der Waals surface area contributed by atoms with Crippen LogP contribution < -0.4 is 11.3 Å². The van der Waals surface area contributed by atoms with Crippen molar-refractivity contribution in [1.29, 1.82) is 0 Å². The van der Waals surface area contributed by atoms with Crippen molar-refractivity contribution in [2.75, 3.05) is 7.05 Å². The van der Waals surface area contributed by atoms with Crippen LogP contribution >= 0.6 is 0 Å². The highest BCUT2D eigenvalue weighted by molar-refractivity contribution is 5.75. The van der Waals surface area contributed by atoms with Gasteiger partial charge in [-0.1, -0.05) is 19.8 Å². The second-order valence-electron chi connectivity index (χ2n) is 5.12. The fourth-order valence-corrected chi connectivity index (χ4v) is 2.70. The smallest absolute Gasteiger partial charge is 0.235 e. The van der Waals surface area contributed by atoms with Crippen molar-refractivity contribution < 1.29 is 4.79 Å². The maximum Gasteiger partial charge on any atom is 0.235 e. The Labute approximate surface area is 98.5 Å². The SMILES string of the molecule is CC1CCCCC1N(C)C(C)CC(=O)NN. The third-order valence-electron chi connectivity index (χ3n) is 3.93. The van der Waals surface area contributed by atoms with Crippen molar-refractivity contribution >= 4 is 5.91 Å². The second-order valence-corrected chi connectivity index (χ2v) is 5.12. The molecule has 4 heteroatoms. The number of nitrogens with one attached hydrogen (secondary N) is 1. The minimum absolute atomic E-state index is 0.0807. The first-order valence-electron chi connectivity index (χ1n) is 6.27. The molecule has 3 atom stereocenters. The second kappa shape index (κ2) is 6.21. The molecule has 1 rings (SSSR count). The quantitative estimate of drug-likeness (QED) is 0.432. The summed E-state index contributed by atoms with van der Waals surface area (Å²) in [5, 5.41) is 0. The van der Waals surface area contributed by atoms with Gasteiger partial charge < -0.3 is 0 Å². The third kappa shape index (κ3) is 3.46. The number of nitrogens with two attached hydrogens (primary N) is 1. The Morgan fingerprint density at radius 3 is 2.69 bits per heavy atom. The monoisotopic (exact) mass is 227 g/mol. The van der Waals surface area contributed by atoms with Crippen LogP contribution in [0.2, 0.25) is 0 Å². The van der Waals surface area contributed by atoms with Gasteiger partial charge in [0, 0.05) is 18.5 Å². The minimum atomic E-state index is -0.0807. The average molecular weight is 227 g/mol. The molecule has 3 unspecified atom stereocenters.